The van der Waals surface area contributed by atoms with Crippen molar-refractivity contribution in [1.82, 2.24) is 15.1 Å². The minimum Gasteiger partial charge on any atom is -0.325 e. The smallest absolute Gasteiger partial charge is 0.321 e. The van der Waals surface area contributed by atoms with Crippen LogP contribution >= 0.6 is 0 Å². The first kappa shape index (κ1) is 20.6. The van der Waals surface area contributed by atoms with E-state index < -0.39 is 5.54 Å². The van der Waals surface area contributed by atoms with E-state index in [4.69, 9.17) is 0 Å². The van der Waals surface area contributed by atoms with Gasteiger partial charge in [-0.1, -0.05) is 42.0 Å². The van der Waals surface area contributed by atoms with E-state index in [-0.39, 0.29) is 17.9 Å². The second-order valence-corrected chi connectivity index (χ2v) is 8.63. The largest absolute Gasteiger partial charge is 0.325 e. The first-order chi connectivity index (χ1) is 14.4. The number of urea groups is 1. The van der Waals surface area contributed by atoms with Crippen LogP contribution in [0.1, 0.15) is 36.5 Å². The summed E-state index contributed by atoms with van der Waals surface area (Å²) in [5, 5.41) is 3.36. The molecule has 30 heavy (non-hydrogen) atoms. The van der Waals surface area contributed by atoms with E-state index in [1.807, 2.05) is 60.2 Å². The maximum Gasteiger partial charge on any atom is 0.321 e. The van der Waals surface area contributed by atoms with E-state index in [0.29, 0.717) is 12.1 Å². The molecule has 1 unspecified atom stereocenters. The van der Waals surface area contributed by atoms with Crippen LogP contribution in [0.4, 0.5) is 9.18 Å². The van der Waals surface area contributed by atoms with E-state index in [0.717, 1.165) is 42.6 Å². The molecule has 158 valence electrons. The van der Waals surface area contributed by atoms with Crippen molar-refractivity contribution in [2.24, 2.45) is 0 Å². The third-order valence-electron chi connectivity index (χ3n) is 6.56. The van der Waals surface area contributed by atoms with Crippen LogP contribution in [0.25, 0.3) is 5.57 Å². The Morgan fingerprint density at radius 1 is 1.17 bits per heavy atom. The number of hydrogen-bond donors (Lipinski definition) is 1. The lowest BCUT2D eigenvalue weighted by Gasteiger charge is -2.41. The van der Waals surface area contributed by atoms with E-state index in [1.54, 1.807) is 6.07 Å². The topological polar surface area (TPSA) is 35.6 Å². The molecule has 1 atom stereocenters. The van der Waals surface area contributed by atoms with Crippen molar-refractivity contribution >= 4 is 11.6 Å². The third-order valence-corrected chi connectivity index (χ3v) is 6.56. The summed E-state index contributed by atoms with van der Waals surface area (Å²) in [5.41, 5.74) is 2.84. The second kappa shape index (κ2) is 8.23. The SMILES string of the molecule is Cc1ccc(F)c(C2=CC(C)(c3ccccc3)N(C(=O)N(C)C3CCNCC3)C2)c1. The zero-order chi connectivity index (χ0) is 21.3. The van der Waals surface area contributed by atoms with E-state index in [1.165, 1.54) is 6.07 Å². The highest BCUT2D eigenvalue weighted by atomic mass is 19.1. The molecule has 0 bridgehead atoms. The Bertz CT molecular complexity index is 952. The quantitative estimate of drug-likeness (QED) is 0.810. The molecule has 0 spiro atoms. The van der Waals surface area contributed by atoms with Gasteiger partial charge in [0, 0.05) is 25.2 Å². The Balaban J connectivity index is 1.72. The molecule has 2 heterocycles. The maximum absolute atomic E-state index is 14.7. The number of benzene rings is 2. The Labute approximate surface area is 178 Å². The minimum absolute atomic E-state index is 0.00688. The van der Waals surface area contributed by atoms with Crippen molar-refractivity contribution in [3.8, 4) is 0 Å². The lowest BCUT2D eigenvalue weighted by atomic mass is 9.90. The molecule has 4 nitrogen and oxygen atoms in total. The molecule has 0 radical (unpaired) electrons. The van der Waals surface area contributed by atoms with Gasteiger partial charge in [0.15, 0.2) is 0 Å². The predicted octanol–water partition coefficient (Wildman–Crippen LogP) is 4.55. The van der Waals surface area contributed by atoms with E-state index >= 15 is 0 Å². The number of nitrogens with one attached hydrogen (secondary N) is 1. The van der Waals surface area contributed by atoms with Gasteiger partial charge in [-0.05, 0) is 69.1 Å². The lowest BCUT2D eigenvalue weighted by Crippen LogP contribution is -2.53. The Morgan fingerprint density at radius 3 is 2.57 bits per heavy atom. The predicted molar refractivity (Wildman–Crippen MR) is 119 cm³/mol. The molecule has 1 saturated heterocycles. The van der Waals surface area contributed by atoms with Crippen LogP contribution in [0, 0.1) is 12.7 Å². The minimum atomic E-state index is -0.634. The van der Waals surface area contributed by atoms with Crippen molar-refractivity contribution in [2.45, 2.75) is 38.3 Å². The number of rotatable bonds is 3. The summed E-state index contributed by atoms with van der Waals surface area (Å²) in [5.74, 6) is -0.247. The average Bonchev–Trinajstić information content (AvgIpc) is 3.14. The fraction of sp³-hybridized carbons (Fsp3) is 0.400. The number of nitrogens with zero attached hydrogens (tertiary/aromatic N) is 2. The van der Waals surface area contributed by atoms with Crippen molar-refractivity contribution in [1.29, 1.82) is 0 Å². The molecule has 1 fully saturated rings. The van der Waals surface area contributed by atoms with Crippen LogP contribution in [0.2, 0.25) is 0 Å². The number of hydrogen-bond acceptors (Lipinski definition) is 2. The van der Waals surface area contributed by atoms with Crippen molar-refractivity contribution in [2.75, 3.05) is 26.7 Å². The van der Waals surface area contributed by atoms with Gasteiger partial charge in [0.2, 0.25) is 0 Å². The zero-order valence-electron chi connectivity index (χ0n) is 18.0. The highest BCUT2D eigenvalue weighted by Gasteiger charge is 2.43. The van der Waals surface area contributed by atoms with E-state index in [2.05, 4.69) is 18.3 Å². The van der Waals surface area contributed by atoms with Gasteiger partial charge in [-0.15, -0.1) is 0 Å². The van der Waals surface area contributed by atoms with Crippen LogP contribution < -0.4 is 5.32 Å². The highest BCUT2D eigenvalue weighted by molar-refractivity contribution is 5.83. The normalized spacial score (nSPS) is 22.1. The van der Waals surface area contributed by atoms with Gasteiger partial charge in [0.1, 0.15) is 5.82 Å². The first-order valence-corrected chi connectivity index (χ1v) is 10.7. The Hall–Kier alpha value is -2.66. The van der Waals surface area contributed by atoms with Crippen LogP contribution in [0.15, 0.2) is 54.6 Å². The third kappa shape index (κ3) is 3.74. The fourth-order valence-corrected chi connectivity index (χ4v) is 4.67. The lowest BCUT2D eigenvalue weighted by molar-refractivity contribution is 0.115. The molecular weight excluding hydrogens is 377 g/mol. The molecule has 5 heteroatoms. The Morgan fingerprint density at radius 2 is 1.87 bits per heavy atom. The number of carbonyl (C=O) groups is 1. The summed E-state index contributed by atoms with van der Waals surface area (Å²) in [4.78, 5) is 17.4. The van der Waals surface area contributed by atoms with Crippen LogP contribution in [0.3, 0.4) is 0 Å². The van der Waals surface area contributed by atoms with Gasteiger partial charge in [-0.25, -0.2) is 9.18 Å². The number of halogens is 1. The standard InChI is InChI=1S/C25H30FN3O/c1-18-9-10-23(26)22(15-18)19-16-25(2,20-7-5-4-6-8-20)29(17-19)24(30)28(3)21-11-13-27-14-12-21/h4-10,15-16,21,27H,11-14,17H2,1-3H3. The second-order valence-electron chi connectivity index (χ2n) is 8.63. The molecule has 2 aromatic carbocycles. The van der Waals surface area contributed by atoms with Gasteiger partial charge < -0.3 is 15.1 Å². The average molecular weight is 408 g/mol. The summed E-state index contributed by atoms with van der Waals surface area (Å²) in [6, 6.07) is 15.4. The monoisotopic (exact) mass is 407 g/mol. The Kier molecular flexibility index (Phi) is 5.65. The van der Waals surface area contributed by atoms with E-state index in [9.17, 15) is 9.18 Å². The van der Waals surface area contributed by atoms with Gasteiger partial charge >= 0.3 is 6.03 Å². The molecular formula is C25H30FN3O. The van der Waals surface area contributed by atoms with Crippen LogP contribution in [-0.4, -0.2) is 48.6 Å². The van der Waals surface area contributed by atoms with Crippen LogP contribution in [-0.2, 0) is 5.54 Å². The molecule has 2 amide bonds. The number of amides is 2. The summed E-state index contributed by atoms with van der Waals surface area (Å²) in [6.07, 6.45) is 3.96. The zero-order valence-corrected chi connectivity index (χ0v) is 18.0. The highest BCUT2D eigenvalue weighted by Crippen LogP contribution is 2.41. The number of carbonyl (C=O) groups excluding carboxylic acids is 1. The molecule has 0 saturated carbocycles. The van der Waals surface area contributed by atoms with Crippen molar-refractivity contribution in [3.05, 3.63) is 77.1 Å². The van der Waals surface area contributed by atoms with Crippen LogP contribution in [0.5, 0.6) is 0 Å². The first-order valence-electron chi connectivity index (χ1n) is 10.7. The molecule has 2 aliphatic heterocycles. The summed E-state index contributed by atoms with van der Waals surface area (Å²) < 4.78 is 14.7. The molecule has 1 N–H and O–H groups in total. The molecule has 0 aliphatic carbocycles. The molecule has 2 aliphatic rings. The summed E-state index contributed by atoms with van der Waals surface area (Å²) in [6.45, 7) is 6.26. The van der Waals surface area contributed by atoms with Gasteiger partial charge in [0.25, 0.3) is 0 Å². The molecule has 2 aromatic rings. The van der Waals surface area contributed by atoms with Gasteiger partial charge in [-0.2, -0.15) is 0 Å². The maximum atomic E-state index is 14.7. The van der Waals surface area contributed by atoms with Gasteiger partial charge in [-0.3, -0.25) is 0 Å². The van der Waals surface area contributed by atoms with Gasteiger partial charge in [0.05, 0.1) is 5.54 Å². The number of aryl methyl sites for hydroxylation is 1. The summed E-state index contributed by atoms with van der Waals surface area (Å²) in [7, 11) is 1.90. The summed E-state index contributed by atoms with van der Waals surface area (Å²) >= 11 is 0. The number of piperidine rings is 1. The molecule has 0 aromatic heterocycles. The molecule has 4 rings (SSSR count). The van der Waals surface area contributed by atoms with Crippen molar-refractivity contribution in [3.63, 3.8) is 0 Å². The van der Waals surface area contributed by atoms with Crippen molar-refractivity contribution < 1.29 is 9.18 Å². The fourth-order valence-electron chi connectivity index (χ4n) is 4.67.